The van der Waals surface area contributed by atoms with Gasteiger partial charge in [-0.05, 0) is 85.4 Å². The van der Waals surface area contributed by atoms with Gasteiger partial charge < -0.3 is 9.88 Å². The smallest absolute Gasteiger partial charge is 0.127 e. The summed E-state index contributed by atoms with van der Waals surface area (Å²) in [6.45, 7) is 3.65. The van der Waals surface area contributed by atoms with E-state index in [1.54, 1.807) is 6.07 Å². The Morgan fingerprint density at radius 2 is 1.66 bits per heavy atom. The van der Waals surface area contributed by atoms with Crippen LogP contribution in [0.15, 0.2) is 79.0 Å². The van der Waals surface area contributed by atoms with Gasteiger partial charge in [0.25, 0.3) is 0 Å². The van der Waals surface area contributed by atoms with Crippen LogP contribution in [0.5, 0.6) is 0 Å². The quantitative estimate of drug-likeness (QED) is 0.403. The predicted molar refractivity (Wildman–Crippen MR) is 130 cm³/mol. The molecule has 0 unspecified atom stereocenters. The van der Waals surface area contributed by atoms with Crippen LogP contribution in [-0.4, -0.2) is 41.0 Å². The first kappa shape index (κ1) is 20.9. The number of fused-ring (bicyclic) bond motifs is 1. The van der Waals surface area contributed by atoms with E-state index < -0.39 is 0 Å². The Balaban J connectivity index is 1.43. The standard InChI is InChI=1S/C28H30FN3/c1-31-15-12-26(13-16-31)32(19-21-5-3-2-4-6-21)20-25-18-22(7-9-27(25)29)23-8-10-28-24(17-23)11-14-30-28/h2-11,14,17-18,26,30H,12-13,15-16,19-20H2,1H3. The van der Waals surface area contributed by atoms with Crippen molar-refractivity contribution in [3.05, 3.63) is 95.9 Å². The van der Waals surface area contributed by atoms with Crippen molar-refractivity contribution in [3.63, 3.8) is 0 Å². The lowest BCUT2D eigenvalue weighted by Crippen LogP contribution is -2.43. The highest BCUT2D eigenvalue weighted by Gasteiger charge is 2.24. The monoisotopic (exact) mass is 427 g/mol. The molecular formula is C28H30FN3. The first-order chi connectivity index (χ1) is 15.7. The Morgan fingerprint density at radius 3 is 2.47 bits per heavy atom. The fraction of sp³-hybridized carbons (Fsp3) is 0.286. The van der Waals surface area contributed by atoms with Gasteiger partial charge in [0.05, 0.1) is 0 Å². The molecule has 1 aromatic heterocycles. The van der Waals surface area contributed by atoms with Crippen molar-refractivity contribution < 1.29 is 4.39 Å². The molecule has 0 saturated carbocycles. The molecule has 1 fully saturated rings. The maximum Gasteiger partial charge on any atom is 0.127 e. The Kier molecular flexibility index (Phi) is 6.06. The van der Waals surface area contributed by atoms with Crippen LogP contribution in [0.4, 0.5) is 4.39 Å². The third kappa shape index (κ3) is 4.62. The molecular weight excluding hydrogens is 397 g/mol. The summed E-state index contributed by atoms with van der Waals surface area (Å²) < 4.78 is 15.0. The molecule has 32 heavy (non-hydrogen) atoms. The number of hydrogen-bond donors (Lipinski definition) is 1. The van der Waals surface area contributed by atoms with Gasteiger partial charge in [-0.15, -0.1) is 0 Å². The van der Waals surface area contributed by atoms with Crippen molar-refractivity contribution in [2.45, 2.75) is 32.0 Å². The first-order valence-electron chi connectivity index (χ1n) is 11.5. The molecule has 0 atom stereocenters. The van der Waals surface area contributed by atoms with Crippen LogP contribution in [-0.2, 0) is 13.1 Å². The van der Waals surface area contributed by atoms with Crippen molar-refractivity contribution >= 4 is 10.9 Å². The van der Waals surface area contributed by atoms with Crippen LogP contribution in [0.3, 0.4) is 0 Å². The lowest BCUT2D eigenvalue weighted by molar-refractivity contribution is 0.107. The number of benzene rings is 3. The van der Waals surface area contributed by atoms with Gasteiger partial charge >= 0.3 is 0 Å². The molecule has 2 heterocycles. The molecule has 1 aliphatic rings. The summed E-state index contributed by atoms with van der Waals surface area (Å²) in [6.07, 6.45) is 4.19. The number of aromatic amines is 1. The van der Waals surface area contributed by atoms with Gasteiger partial charge in [0.1, 0.15) is 5.82 Å². The van der Waals surface area contributed by atoms with E-state index in [2.05, 4.69) is 70.4 Å². The van der Waals surface area contributed by atoms with Gasteiger partial charge in [0, 0.05) is 36.4 Å². The molecule has 0 radical (unpaired) electrons. The van der Waals surface area contributed by atoms with Gasteiger partial charge in [-0.1, -0.05) is 42.5 Å². The second-order valence-corrected chi connectivity index (χ2v) is 9.01. The third-order valence-corrected chi connectivity index (χ3v) is 6.74. The topological polar surface area (TPSA) is 22.3 Å². The number of halogens is 1. The minimum atomic E-state index is -0.123. The average Bonchev–Trinajstić information content (AvgIpc) is 3.29. The second-order valence-electron chi connectivity index (χ2n) is 9.01. The second kappa shape index (κ2) is 9.27. The molecule has 164 valence electrons. The van der Waals surface area contributed by atoms with Crippen molar-refractivity contribution in [1.82, 2.24) is 14.8 Å². The van der Waals surface area contributed by atoms with Crippen LogP contribution in [0.2, 0.25) is 0 Å². The number of aromatic nitrogens is 1. The summed E-state index contributed by atoms with van der Waals surface area (Å²) in [6, 6.07) is 25.0. The summed E-state index contributed by atoms with van der Waals surface area (Å²) in [5.74, 6) is -0.123. The van der Waals surface area contributed by atoms with Crippen LogP contribution < -0.4 is 0 Å². The molecule has 4 heteroatoms. The summed E-state index contributed by atoms with van der Waals surface area (Å²) in [7, 11) is 2.18. The number of nitrogens with zero attached hydrogens (tertiary/aromatic N) is 2. The fourth-order valence-electron chi connectivity index (χ4n) is 4.82. The zero-order chi connectivity index (χ0) is 21.9. The molecule has 1 saturated heterocycles. The molecule has 0 bridgehead atoms. The summed E-state index contributed by atoms with van der Waals surface area (Å²) in [5.41, 5.74) is 5.35. The van der Waals surface area contributed by atoms with Gasteiger partial charge in [-0.2, -0.15) is 0 Å². The van der Waals surface area contributed by atoms with E-state index in [4.69, 9.17) is 0 Å². The van der Waals surface area contributed by atoms with Gasteiger partial charge in [-0.3, -0.25) is 4.90 Å². The Labute approximate surface area is 189 Å². The molecule has 0 aliphatic carbocycles. The van der Waals surface area contributed by atoms with Crippen LogP contribution in [0, 0.1) is 5.82 Å². The highest BCUT2D eigenvalue weighted by molar-refractivity contribution is 5.85. The van der Waals surface area contributed by atoms with E-state index in [-0.39, 0.29) is 5.82 Å². The number of hydrogen-bond acceptors (Lipinski definition) is 2. The summed E-state index contributed by atoms with van der Waals surface area (Å²) in [4.78, 5) is 8.09. The van der Waals surface area contributed by atoms with E-state index >= 15 is 0 Å². The minimum Gasteiger partial charge on any atom is -0.361 e. The number of H-pyrrole nitrogens is 1. The summed E-state index contributed by atoms with van der Waals surface area (Å²) in [5, 5.41) is 1.17. The maximum absolute atomic E-state index is 15.0. The lowest BCUT2D eigenvalue weighted by atomic mass is 9.99. The Hall–Kier alpha value is -2.95. The minimum absolute atomic E-state index is 0.123. The van der Waals surface area contributed by atoms with E-state index in [9.17, 15) is 4.39 Å². The summed E-state index contributed by atoms with van der Waals surface area (Å²) >= 11 is 0. The first-order valence-corrected chi connectivity index (χ1v) is 11.5. The highest BCUT2D eigenvalue weighted by Crippen LogP contribution is 2.28. The molecule has 0 amide bonds. The van der Waals surface area contributed by atoms with Gasteiger partial charge in [0.2, 0.25) is 0 Å². The molecule has 4 aromatic rings. The molecule has 5 rings (SSSR count). The number of likely N-dealkylation sites (tertiary alicyclic amines) is 1. The molecule has 3 aromatic carbocycles. The lowest BCUT2D eigenvalue weighted by Gasteiger charge is -2.37. The van der Waals surface area contributed by atoms with Crippen LogP contribution in [0.25, 0.3) is 22.0 Å². The van der Waals surface area contributed by atoms with Crippen molar-refractivity contribution in [2.24, 2.45) is 0 Å². The van der Waals surface area contributed by atoms with E-state index in [0.717, 1.165) is 54.7 Å². The third-order valence-electron chi connectivity index (χ3n) is 6.74. The Morgan fingerprint density at radius 1 is 0.906 bits per heavy atom. The maximum atomic E-state index is 15.0. The van der Waals surface area contributed by atoms with Gasteiger partial charge in [0.15, 0.2) is 0 Å². The predicted octanol–water partition coefficient (Wildman–Crippen LogP) is 6.07. The van der Waals surface area contributed by atoms with E-state index in [1.807, 2.05) is 24.4 Å². The van der Waals surface area contributed by atoms with Crippen LogP contribution >= 0.6 is 0 Å². The SMILES string of the molecule is CN1CCC(N(Cc2ccccc2)Cc2cc(-c3ccc4[nH]ccc4c3)ccc2F)CC1. The largest absolute Gasteiger partial charge is 0.361 e. The molecule has 1 N–H and O–H groups in total. The van der Waals surface area contributed by atoms with Gasteiger partial charge in [-0.25, -0.2) is 4.39 Å². The van der Waals surface area contributed by atoms with Crippen LogP contribution in [0.1, 0.15) is 24.0 Å². The normalized spacial score (nSPS) is 15.6. The average molecular weight is 428 g/mol. The number of nitrogens with one attached hydrogen (secondary N) is 1. The zero-order valence-electron chi connectivity index (χ0n) is 18.6. The van der Waals surface area contributed by atoms with Crippen molar-refractivity contribution in [3.8, 4) is 11.1 Å². The number of rotatable bonds is 6. The van der Waals surface area contributed by atoms with E-state index in [0.29, 0.717) is 12.6 Å². The zero-order valence-corrected chi connectivity index (χ0v) is 18.6. The molecule has 0 spiro atoms. The van der Waals surface area contributed by atoms with Crippen molar-refractivity contribution in [2.75, 3.05) is 20.1 Å². The number of piperidine rings is 1. The fourth-order valence-corrected chi connectivity index (χ4v) is 4.82. The van der Waals surface area contributed by atoms with Crippen molar-refractivity contribution in [1.29, 1.82) is 0 Å². The molecule has 3 nitrogen and oxygen atoms in total. The Bertz CT molecular complexity index is 1180. The van der Waals surface area contributed by atoms with E-state index in [1.165, 1.54) is 10.9 Å². The molecule has 1 aliphatic heterocycles. The highest BCUT2D eigenvalue weighted by atomic mass is 19.1.